The van der Waals surface area contributed by atoms with Crippen LogP contribution in [0, 0.1) is 0 Å². The first-order valence-electron chi connectivity index (χ1n) is 19.6. The van der Waals surface area contributed by atoms with E-state index < -0.39 is 0 Å². The highest BCUT2D eigenvalue weighted by atomic mass is 32.1. The Labute approximate surface area is 329 Å². The molecular weight excluding hydrogens is 693 g/mol. The molecule has 262 valence electrons. The van der Waals surface area contributed by atoms with Gasteiger partial charge in [0.05, 0.1) is 0 Å². The highest BCUT2D eigenvalue weighted by Gasteiger charge is 2.37. The van der Waals surface area contributed by atoms with E-state index in [1.807, 2.05) is 11.3 Å². The topological polar surface area (TPSA) is 0 Å². The lowest BCUT2D eigenvalue weighted by molar-refractivity contribution is 0.661. The van der Waals surface area contributed by atoms with Crippen molar-refractivity contribution in [3.63, 3.8) is 0 Å². The molecule has 0 saturated carbocycles. The number of fused-ring (bicyclic) bond motifs is 12. The Balaban J connectivity index is 1.03. The predicted molar refractivity (Wildman–Crippen MR) is 243 cm³/mol. The second kappa shape index (κ2) is 11.7. The zero-order valence-electron chi connectivity index (χ0n) is 31.2. The van der Waals surface area contributed by atoms with Crippen LogP contribution in [0.25, 0.3) is 108 Å². The van der Waals surface area contributed by atoms with E-state index in [1.165, 1.54) is 119 Å². The van der Waals surface area contributed by atoms with Gasteiger partial charge in [-0.25, -0.2) is 0 Å². The SMILES string of the molecule is CC1(C)c2cc(-c3cccc(-c4c5ccccc5c(-c5ccc6ccccc6c5)c5ccccc45)c3)ccc2-c2c1ccc1sc3c4ccccc4ccc3c21. The van der Waals surface area contributed by atoms with Crippen LogP contribution in [-0.4, -0.2) is 0 Å². The molecule has 56 heavy (non-hydrogen) atoms. The molecule has 1 aliphatic rings. The largest absolute Gasteiger partial charge is 0.135 e. The summed E-state index contributed by atoms with van der Waals surface area (Å²) < 4.78 is 2.75. The maximum Gasteiger partial charge on any atom is 0.0434 e. The second-order valence-corrected chi connectivity index (χ2v) is 17.0. The van der Waals surface area contributed by atoms with E-state index in [0.29, 0.717) is 0 Å². The van der Waals surface area contributed by atoms with Crippen molar-refractivity contribution in [3.05, 3.63) is 193 Å². The molecule has 0 bridgehead atoms. The molecular formula is C55H36S. The molecule has 0 aliphatic heterocycles. The van der Waals surface area contributed by atoms with Gasteiger partial charge in [0.15, 0.2) is 0 Å². The van der Waals surface area contributed by atoms with Gasteiger partial charge in [-0.05, 0) is 123 Å². The van der Waals surface area contributed by atoms with Gasteiger partial charge in [-0.3, -0.25) is 0 Å². The molecule has 0 amide bonds. The molecule has 0 spiro atoms. The number of thiophene rings is 1. The van der Waals surface area contributed by atoms with Crippen molar-refractivity contribution in [2.75, 3.05) is 0 Å². The fourth-order valence-electron chi connectivity index (χ4n) is 9.95. The second-order valence-electron chi connectivity index (χ2n) is 16.0. The molecule has 0 atom stereocenters. The smallest absolute Gasteiger partial charge is 0.0434 e. The molecule has 1 heterocycles. The highest BCUT2D eigenvalue weighted by Crippen LogP contribution is 2.55. The maximum absolute atomic E-state index is 2.48. The Kier molecular flexibility index (Phi) is 6.66. The van der Waals surface area contributed by atoms with E-state index in [2.05, 4.69) is 196 Å². The van der Waals surface area contributed by atoms with Crippen molar-refractivity contribution in [3.8, 4) is 44.5 Å². The normalized spacial score (nSPS) is 13.3. The minimum atomic E-state index is -0.122. The Morgan fingerprint density at radius 2 is 0.929 bits per heavy atom. The van der Waals surface area contributed by atoms with Crippen molar-refractivity contribution >= 4 is 74.6 Å². The maximum atomic E-state index is 2.48. The summed E-state index contributed by atoms with van der Waals surface area (Å²) >= 11 is 1.93. The summed E-state index contributed by atoms with van der Waals surface area (Å²) in [7, 11) is 0. The molecule has 0 radical (unpaired) electrons. The van der Waals surface area contributed by atoms with Crippen LogP contribution in [0.5, 0.6) is 0 Å². The summed E-state index contributed by atoms with van der Waals surface area (Å²) in [6.45, 7) is 4.81. The molecule has 0 unspecified atom stereocenters. The van der Waals surface area contributed by atoms with Crippen molar-refractivity contribution in [1.82, 2.24) is 0 Å². The fourth-order valence-corrected chi connectivity index (χ4v) is 11.2. The van der Waals surface area contributed by atoms with Crippen molar-refractivity contribution in [1.29, 1.82) is 0 Å². The molecule has 10 aromatic carbocycles. The van der Waals surface area contributed by atoms with E-state index in [9.17, 15) is 0 Å². The quantitative estimate of drug-likeness (QED) is 0.159. The van der Waals surface area contributed by atoms with Crippen LogP contribution in [0.4, 0.5) is 0 Å². The lowest BCUT2D eigenvalue weighted by Gasteiger charge is -2.22. The summed E-state index contributed by atoms with van der Waals surface area (Å²) in [5.41, 5.74) is 13.0. The average Bonchev–Trinajstić information content (AvgIpc) is 3.74. The van der Waals surface area contributed by atoms with E-state index in [1.54, 1.807) is 0 Å². The summed E-state index contributed by atoms with van der Waals surface area (Å²) in [6.07, 6.45) is 0. The Bertz CT molecular complexity index is 3390. The minimum Gasteiger partial charge on any atom is -0.135 e. The zero-order valence-corrected chi connectivity index (χ0v) is 32.0. The Morgan fingerprint density at radius 3 is 1.66 bits per heavy atom. The van der Waals surface area contributed by atoms with Crippen LogP contribution in [0.3, 0.4) is 0 Å². The number of benzene rings is 10. The summed E-state index contributed by atoms with van der Waals surface area (Å²) in [5, 5.41) is 13.0. The van der Waals surface area contributed by atoms with Gasteiger partial charge < -0.3 is 0 Å². The summed E-state index contributed by atoms with van der Waals surface area (Å²) in [4.78, 5) is 0. The van der Waals surface area contributed by atoms with Gasteiger partial charge in [0.25, 0.3) is 0 Å². The molecule has 1 aromatic heterocycles. The first kappa shape index (κ1) is 31.8. The minimum absolute atomic E-state index is 0.122. The standard InChI is InChI=1S/C55H36S/c1-55(2)47-28-29-49-53(46-27-24-34-13-5-6-17-40(34)54(46)56-49)52(47)45-26-25-37(32-48(45)55)36-15-11-16-38(31-36)50-41-18-7-9-20-43(41)51(44-21-10-8-19-42(44)50)39-23-22-33-12-3-4-14-35(33)30-39/h3-32H,1-2H3. The molecule has 12 rings (SSSR count). The fraction of sp³-hybridized carbons (Fsp3) is 0.0545. The van der Waals surface area contributed by atoms with Gasteiger partial charge in [-0.1, -0.05) is 172 Å². The molecule has 1 heteroatoms. The zero-order chi connectivity index (χ0) is 37.1. The van der Waals surface area contributed by atoms with E-state index in [4.69, 9.17) is 0 Å². The highest BCUT2D eigenvalue weighted by molar-refractivity contribution is 7.26. The van der Waals surface area contributed by atoms with Gasteiger partial charge in [-0.15, -0.1) is 11.3 Å². The van der Waals surface area contributed by atoms with Gasteiger partial charge in [0.2, 0.25) is 0 Å². The summed E-state index contributed by atoms with van der Waals surface area (Å²) in [5.74, 6) is 0. The lowest BCUT2D eigenvalue weighted by atomic mass is 9.81. The van der Waals surface area contributed by atoms with Gasteiger partial charge >= 0.3 is 0 Å². The van der Waals surface area contributed by atoms with Crippen molar-refractivity contribution < 1.29 is 0 Å². The molecule has 0 nitrogen and oxygen atoms in total. The van der Waals surface area contributed by atoms with E-state index >= 15 is 0 Å². The molecule has 0 saturated heterocycles. The monoisotopic (exact) mass is 728 g/mol. The number of hydrogen-bond acceptors (Lipinski definition) is 1. The Hall–Kier alpha value is -6.54. The summed E-state index contributed by atoms with van der Waals surface area (Å²) in [6, 6.07) is 68.2. The molecule has 0 N–H and O–H groups in total. The van der Waals surface area contributed by atoms with Crippen molar-refractivity contribution in [2.45, 2.75) is 19.3 Å². The molecule has 1 aliphatic carbocycles. The Morgan fingerprint density at radius 1 is 0.357 bits per heavy atom. The van der Waals surface area contributed by atoms with Gasteiger partial charge in [-0.2, -0.15) is 0 Å². The first-order valence-corrected chi connectivity index (χ1v) is 20.4. The molecule has 0 fully saturated rings. The molecule has 11 aromatic rings. The van der Waals surface area contributed by atoms with Gasteiger partial charge in [0, 0.05) is 25.6 Å². The van der Waals surface area contributed by atoms with Crippen LogP contribution < -0.4 is 0 Å². The van der Waals surface area contributed by atoms with Crippen LogP contribution in [-0.2, 0) is 5.41 Å². The van der Waals surface area contributed by atoms with Crippen molar-refractivity contribution in [2.24, 2.45) is 0 Å². The third kappa shape index (κ3) is 4.47. The number of hydrogen-bond donors (Lipinski definition) is 0. The van der Waals surface area contributed by atoms with Crippen LogP contribution in [0.2, 0.25) is 0 Å². The first-order chi connectivity index (χ1) is 27.5. The van der Waals surface area contributed by atoms with Crippen LogP contribution in [0.15, 0.2) is 182 Å². The number of rotatable bonds is 3. The predicted octanol–water partition coefficient (Wildman–Crippen LogP) is 16.0. The van der Waals surface area contributed by atoms with Crippen LogP contribution >= 0.6 is 11.3 Å². The van der Waals surface area contributed by atoms with E-state index in [0.717, 1.165) is 0 Å². The van der Waals surface area contributed by atoms with Gasteiger partial charge in [0.1, 0.15) is 0 Å². The third-order valence-electron chi connectivity index (χ3n) is 12.6. The van der Waals surface area contributed by atoms with Crippen LogP contribution in [0.1, 0.15) is 25.0 Å². The third-order valence-corrected chi connectivity index (χ3v) is 13.8. The lowest BCUT2D eigenvalue weighted by Crippen LogP contribution is -2.14. The van der Waals surface area contributed by atoms with E-state index in [-0.39, 0.29) is 5.41 Å². The average molecular weight is 729 g/mol.